The number of rotatable bonds is 2. The number of methoxy groups -OCH3 is 1. The highest BCUT2D eigenvalue weighted by Gasteiger charge is 2.18. The van der Waals surface area contributed by atoms with E-state index in [1.54, 1.807) is 0 Å². The van der Waals surface area contributed by atoms with Gasteiger partial charge in [-0.1, -0.05) is 0 Å². The number of dihydropyridines is 1. The van der Waals surface area contributed by atoms with E-state index in [1.165, 1.54) is 19.5 Å². The van der Waals surface area contributed by atoms with Gasteiger partial charge in [0.2, 0.25) is 0 Å². The fourth-order valence-electron chi connectivity index (χ4n) is 0.950. The number of carbonyl (C=O) groups excluding carboxylic acids is 1. The van der Waals surface area contributed by atoms with Gasteiger partial charge in [-0.05, 0) is 0 Å². The SMILES string of the molecule is COC(=O)C1=CNC=C(C(=O)O)C1. The number of nitrogens with one attached hydrogen (secondary N) is 1. The molecule has 1 rings (SSSR count). The van der Waals surface area contributed by atoms with Gasteiger partial charge in [0.25, 0.3) is 0 Å². The Bertz CT molecular complexity index is 303. The second kappa shape index (κ2) is 3.75. The molecule has 0 saturated heterocycles. The summed E-state index contributed by atoms with van der Waals surface area (Å²) in [7, 11) is 1.25. The number of esters is 1. The Kier molecular flexibility index (Phi) is 2.69. The lowest BCUT2D eigenvalue weighted by molar-refractivity contribution is -0.136. The number of aliphatic carboxylic acids is 1. The van der Waals surface area contributed by atoms with Crippen LogP contribution < -0.4 is 5.32 Å². The van der Waals surface area contributed by atoms with Crippen molar-refractivity contribution in [2.75, 3.05) is 7.11 Å². The van der Waals surface area contributed by atoms with Crippen LogP contribution in [0.15, 0.2) is 23.5 Å². The molecule has 70 valence electrons. The maximum atomic E-state index is 11.0. The van der Waals surface area contributed by atoms with E-state index in [9.17, 15) is 9.59 Å². The maximum Gasteiger partial charge on any atom is 0.335 e. The average Bonchev–Trinajstić information content (AvgIpc) is 2.17. The molecule has 0 unspecified atom stereocenters. The van der Waals surface area contributed by atoms with Gasteiger partial charge >= 0.3 is 11.9 Å². The summed E-state index contributed by atoms with van der Waals surface area (Å²) in [4.78, 5) is 21.5. The quantitative estimate of drug-likeness (QED) is 0.589. The molecule has 1 aliphatic rings. The molecule has 0 bridgehead atoms. The molecule has 0 atom stereocenters. The van der Waals surface area contributed by atoms with Crippen molar-refractivity contribution in [1.29, 1.82) is 0 Å². The van der Waals surface area contributed by atoms with Crippen molar-refractivity contribution >= 4 is 11.9 Å². The van der Waals surface area contributed by atoms with E-state index < -0.39 is 11.9 Å². The molecule has 0 aromatic carbocycles. The van der Waals surface area contributed by atoms with E-state index in [-0.39, 0.29) is 12.0 Å². The first-order valence-electron chi connectivity index (χ1n) is 3.61. The second-order valence-electron chi connectivity index (χ2n) is 2.48. The summed E-state index contributed by atoms with van der Waals surface area (Å²) in [5.74, 6) is -1.55. The largest absolute Gasteiger partial charge is 0.478 e. The Labute approximate surface area is 74.7 Å². The third kappa shape index (κ3) is 2.08. The highest BCUT2D eigenvalue weighted by molar-refractivity contribution is 5.94. The Morgan fingerprint density at radius 3 is 2.62 bits per heavy atom. The standard InChI is InChI=1S/C8H9NO4/c1-13-8(12)6-2-5(7(10)11)3-9-4-6/h3-4,9H,2H2,1H3,(H,10,11). The minimum absolute atomic E-state index is 0.0923. The van der Waals surface area contributed by atoms with Crippen LogP contribution in [0.5, 0.6) is 0 Å². The molecule has 2 N–H and O–H groups in total. The molecule has 5 nitrogen and oxygen atoms in total. The molecule has 1 aliphatic heterocycles. The van der Waals surface area contributed by atoms with Crippen molar-refractivity contribution in [3.8, 4) is 0 Å². The molecule has 0 aliphatic carbocycles. The van der Waals surface area contributed by atoms with Gasteiger partial charge < -0.3 is 15.2 Å². The molecule has 0 amide bonds. The zero-order valence-corrected chi connectivity index (χ0v) is 7.03. The van der Waals surface area contributed by atoms with Gasteiger partial charge in [-0.3, -0.25) is 0 Å². The Hall–Kier alpha value is -1.78. The molecule has 0 radical (unpaired) electrons. The molecular weight excluding hydrogens is 174 g/mol. The summed E-state index contributed by atoms with van der Waals surface area (Å²) < 4.78 is 4.45. The predicted molar refractivity (Wildman–Crippen MR) is 43.6 cm³/mol. The van der Waals surface area contributed by atoms with Crippen molar-refractivity contribution < 1.29 is 19.4 Å². The highest BCUT2D eigenvalue weighted by Crippen LogP contribution is 2.14. The maximum absolute atomic E-state index is 11.0. The first-order chi connectivity index (χ1) is 6.15. The minimum Gasteiger partial charge on any atom is -0.478 e. The van der Waals surface area contributed by atoms with Crippen molar-refractivity contribution in [2.45, 2.75) is 6.42 Å². The van der Waals surface area contributed by atoms with E-state index in [1.807, 2.05) is 0 Å². The van der Waals surface area contributed by atoms with E-state index >= 15 is 0 Å². The van der Waals surface area contributed by atoms with Gasteiger partial charge in [0, 0.05) is 18.8 Å². The van der Waals surface area contributed by atoms with Crippen molar-refractivity contribution in [3.05, 3.63) is 23.5 Å². The first-order valence-corrected chi connectivity index (χ1v) is 3.61. The molecule has 1 heterocycles. The number of carboxylic acids is 1. The molecule has 0 fully saturated rings. The molecule has 0 aromatic heterocycles. The lowest BCUT2D eigenvalue weighted by Crippen LogP contribution is -2.17. The van der Waals surface area contributed by atoms with Crippen LogP contribution in [0, 0.1) is 0 Å². The zero-order valence-electron chi connectivity index (χ0n) is 7.03. The molecular formula is C8H9NO4. The number of carboxylic acid groups (broad SMARTS) is 1. The van der Waals surface area contributed by atoms with Crippen molar-refractivity contribution in [2.24, 2.45) is 0 Å². The smallest absolute Gasteiger partial charge is 0.335 e. The Morgan fingerprint density at radius 1 is 1.46 bits per heavy atom. The average molecular weight is 183 g/mol. The Balaban J connectivity index is 2.70. The van der Waals surface area contributed by atoms with Crippen LogP contribution in [0.25, 0.3) is 0 Å². The molecule has 13 heavy (non-hydrogen) atoms. The van der Waals surface area contributed by atoms with Crippen LogP contribution >= 0.6 is 0 Å². The summed E-state index contributed by atoms with van der Waals surface area (Å²) in [5.41, 5.74) is 0.449. The Morgan fingerprint density at radius 2 is 2.08 bits per heavy atom. The van der Waals surface area contributed by atoms with E-state index in [0.717, 1.165) is 0 Å². The normalized spacial score (nSPS) is 15.2. The monoisotopic (exact) mass is 183 g/mol. The van der Waals surface area contributed by atoms with E-state index in [4.69, 9.17) is 5.11 Å². The number of carbonyl (C=O) groups is 2. The van der Waals surface area contributed by atoms with Crippen molar-refractivity contribution in [1.82, 2.24) is 5.32 Å². The number of ether oxygens (including phenoxy) is 1. The van der Waals surface area contributed by atoms with E-state index in [0.29, 0.717) is 5.57 Å². The van der Waals surface area contributed by atoms with Gasteiger partial charge in [0.05, 0.1) is 18.3 Å². The van der Waals surface area contributed by atoms with Crippen molar-refractivity contribution in [3.63, 3.8) is 0 Å². The lowest BCUT2D eigenvalue weighted by atomic mass is 10.1. The van der Waals surface area contributed by atoms with Gasteiger partial charge in [-0.15, -0.1) is 0 Å². The van der Waals surface area contributed by atoms with Crippen LogP contribution in [0.3, 0.4) is 0 Å². The van der Waals surface area contributed by atoms with E-state index in [2.05, 4.69) is 10.1 Å². The van der Waals surface area contributed by atoms with Crippen LogP contribution in [-0.4, -0.2) is 24.2 Å². The van der Waals surface area contributed by atoms with Gasteiger partial charge in [0.15, 0.2) is 0 Å². The topological polar surface area (TPSA) is 75.6 Å². The molecule has 0 spiro atoms. The van der Waals surface area contributed by atoms with Crippen LogP contribution in [-0.2, 0) is 14.3 Å². The van der Waals surface area contributed by atoms with Gasteiger partial charge in [-0.2, -0.15) is 0 Å². The molecule has 0 saturated carbocycles. The predicted octanol–water partition coefficient (Wildman–Crippen LogP) is 0.00510. The zero-order chi connectivity index (χ0) is 9.84. The third-order valence-corrected chi connectivity index (χ3v) is 1.62. The summed E-state index contributed by atoms with van der Waals surface area (Å²) in [6, 6.07) is 0. The van der Waals surface area contributed by atoms with Gasteiger partial charge in [-0.25, -0.2) is 9.59 Å². The number of hydrogen-bond acceptors (Lipinski definition) is 4. The highest BCUT2D eigenvalue weighted by atomic mass is 16.5. The summed E-state index contributed by atoms with van der Waals surface area (Å²) >= 11 is 0. The number of hydrogen-bond donors (Lipinski definition) is 2. The second-order valence-corrected chi connectivity index (χ2v) is 2.48. The molecule has 0 aromatic rings. The fraction of sp³-hybridized carbons (Fsp3) is 0.250. The lowest BCUT2D eigenvalue weighted by Gasteiger charge is -2.10. The van der Waals surface area contributed by atoms with Crippen LogP contribution in [0.4, 0.5) is 0 Å². The first kappa shape index (κ1) is 9.31. The van der Waals surface area contributed by atoms with Gasteiger partial charge in [0.1, 0.15) is 0 Å². The van der Waals surface area contributed by atoms with Crippen LogP contribution in [0.1, 0.15) is 6.42 Å². The minimum atomic E-state index is -1.04. The summed E-state index contributed by atoms with van der Waals surface area (Å²) in [6.07, 6.45) is 2.86. The summed E-state index contributed by atoms with van der Waals surface area (Å²) in [6.45, 7) is 0. The summed E-state index contributed by atoms with van der Waals surface area (Å²) in [5, 5.41) is 11.2. The molecule has 5 heteroatoms. The fourth-order valence-corrected chi connectivity index (χ4v) is 0.950. The third-order valence-electron chi connectivity index (χ3n) is 1.62. The van der Waals surface area contributed by atoms with Crippen LogP contribution in [0.2, 0.25) is 0 Å².